The van der Waals surface area contributed by atoms with Crippen LogP contribution in [0.25, 0.3) is 0 Å². The van der Waals surface area contributed by atoms with Crippen LogP contribution in [0.3, 0.4) is 0 Å². The van der Waals surface area contributed by atoms with Gasteiger partial charge in [0.15, 0.2) is 0 Å². The van der Waals surface area contributed by atoms with E-state index in [1.54, 1.807) is 20.9 Å². The Hall–Kier alpha value is -1.01. The summed E-state index contributed by atoms with van der Waals surface area (Å²) < 4.78 is 0. The van der Waals surface area contributed by atoms with Gasteiger partial charge in [0, 0.05) is 19.4 Å². The molecule has 1 atom stereocenters. The Balaban J connectivity index is 3.97. The van der Waals surface area contributed by atoms with E-state index in [0.29, 0.717) is 6.42 Å². The summed E-state index contributed by atoms with van der Waals surface area (Å²) in [5.74, 6) is 5.36. The standard InChI is InChI=1S/C9H15NO2/c1-4-5-6-8(2)9(12)10(3)7-11/h8,11H,6-7H2,1-3H3. The van der Waals surface area contributed by atoms with Gasteiger partial charge in [0.2, 0.25) is 5.91 Å². The van der Waals surface area contributed by atoms with E-state index in [4.69, 9.17) is 5.11 Å². The van der Waals surface area contributed by atoms with Gasteiger partial charge in [-0.25, -0.2) is 0 Å². The second-order valence-corrected chi connectivity index (χ2v) is 2.71. The highest BCUT2D eigenvalue weighted by atomic mass is 16.3. The smallest absolute Gasteiger partial charge is 0.227 e. The number of hydrogen-bond acceptors (Lipinski definition) is 2. The Kier molecular flexibility index (Phi) is 5.14. The highest BCUT2D eigenvalue weighted by Crippen LogP contribution is 2.04. The molecule has 0 aromatic carbocycles. The normalized spacial score (nSPS) is 11.3. The van der Waals surface area contributed by atoms with Crippen LogP contribution >= 0.6 is 0 Å². The van der Waals surface area contributed by atoms with Crippen molar-refractivity contribution in [2.75, 3.05) is 13.8 Å². The Morgan fingerprint density at radius 3 is 2.67 bits per heavy atom. The molecular weight excluding hydrogens is 154 g/mol. The van der Waals surface area contributed by atoms with Gasteiger partial charge in [-0.15, -0.1) is 11.8 Å². The molecule has 0 aromatic heterocycles. The topological polar surface area (TPSA) is 40.5 Å². The van der Waals surface area contributed by atoms with Crippen molar-refractivity contribution in [3.8, 4) is 11.8 Å². The summed E-state index contributed by atoms with van der Waals surface area (Å²) in [5, 5.41) is 8.65. The molecule has 0 bridgehead atoms. The molecule has 0 aliphatic heterocycles. The second kappa shape index (κ2) is 5.62. The third-order valence-electron chi connectivity index (χ3n) is 1.59. The zero-order valence-electron chi connectivity index (χ0n) is 7.79. The fourth-order valence-electron chi connectivity index (χ4n) is 0.788. The predicted molar refractivity (Wildman–Crippen MR) is 47.1 cm³/mol. The van der Waals surface area contributed by atoms with Crippen molar-refractivity contribution < 1.29 is 9.90 Å². The molecule has 1 N–H and O–H groups in total. The summed E-state index contributed by atoms with van der Waals surface area (Å²) >= 11 is 0. The number of hydrogen-bond donors (Lipinski definition) is 1. The number of carbonyl (C=O) groups is 1. The molecule has 68 valence electrons. The van der Waals surface area contributed by atoms with E-state index in [1.807, 2.05) is 0 Å². The minimum atomic E-state index is -0.233. The number of aliphatic hydroxyl groups is 1. The van der Waals surface area contributed by atoms with Gasteiger partial charge in [0.1, 0.15) is 6.73 Å². The SMILES string of the molecule is CC#CCC(C)C(=O)N(C)CO. The molecule has 0 heterocycles. The number of nitrogens with zero attached hydrogens (tertiary/aromatic N) is 1. The zero-order valence-corrected chi connectivity index (χ0v) is 7.79. The first kappa shape index (κ1) is 11.0. The van der Waals surface area contributed by atoms with Crippen LogP contribution < -0.4 is 0 Å². The molecule has 3 nitrogen and oxygen atoms in total. The van der Waals surface area contributed by atoms with Crippen LogP contribution in [0.4, 0.5) is 0 Å². The molecule has 12 heavy (non-hydrogen) atoms. The van der Waals surface area contributed by atoms with Crippen LogP contribution in [0.2, 0.25) is 0 Å². The monoisotopic (exact) mass is 169 g/mol. The summed E-state index contributed by atoms with van der Waals surface area (Å²) in [6.45, 7) is 3.31. The molecule has 0 aromatic rings. The van der Waals surface area contributed by atoms with Gasteiger partial charge in [-0.05, 0) is 6.92 Å². The summed E-state index contributed by atoms with van der Waals surface area (Å²) in [5.41, 5.74) is 0. The predicted octanol–water partition coefficient (Wildman–Crippen LogP) is 0.444. The average Bonchev–Trinajstić information content (AvgIpc) is 2.11. The summed E-state index contributed by atoms with van der Waals surface area (Å²) in [6.07, 6.45) is 0.555. The molecule has 0 fully saturated rings. The molecule has 0 spiro atoms. The van der Waals surface area contributed by atoms with Gasteiger partial charge >= 0.3 is 0 Å². The minimum absolute atomic E-state index is 0.0692. The third kappa shape index (κ3) is 3.40. The zero-order chi connectivity index (χ0) is 9.56. The quantitative estimate of drug-likeness (QED) is 0.492. The van der Waals surface area contributed by atoms with E-state index in [9.17, 15) is 4.79 Å². The van der Waals surface area contributed by atoms with Crippen molar-refractivity contribution in [3.05, 3.63) is 0 Å². The van der Waals surface area contributed by atoms with E-state index in [2.05, 4.69) is 11.8 Å². The maximum Gasteiger partial charge on any atom is 0.227 e. The summed E-state index contributed by atoms with van der Waals surface area (Å²) in [7, 11) is 1.57. The number of amides is 1. The molecule has 1 unspecified atom stereocenters. The van der Waals surface area contributed by atoms with E-state index in [1.165, 1.54) is 4.90 Å². The van der Waals surface area contributed by atoms with Crippen LogP contribution in [-0.2, 0) is 4.79 Å². The van der Waals surface area contributed by atoms with Gasteiger partial charge in [-0.3, -0.25) is 4.79 Å². The molecular formula is C9H15NO2. The first-order valence-electron chi connectivity index (χ1n) is 3.89. The van der Waals surface area contributed by atoms with Crippen molar-refractivity contribution >= 4 is 5.91 Å². The largest absolute Gasteiger partial charge is 0.376 e. The molecule has 0 rings (SSSR count). The molecule has 0 saturated carbocycles. The Bertz CT molecular complexity index is 202. The fourth-order valence-corrected chi connectivity index (χ4v) is 0.788. The van der Waals surface area contributed by atoms with Crippen molar-refractivity contribution in [2.24, 2.45) is 5.92 Å². The maximum atomic E-state index is 11.3. The molecule has 1 amide bonds. The first-order valence-corrected chi connectivity index (χ1v) is 3.89. The maximum absolute atomic E-state index is 11.3. The van der Waals surface area contributed by atoms with E-state index >= 15 is 0 Å². The first-order chi connectivity index (χ1) is 5.63. The van der Waals surface area contributed by atoms with Crippen LogP contribution in [0.15, 0.2) is 0 Å². The number of rotatable bonds is 3. The van der Waals surface area contributed by atoms with Crippen LogP contribution in [0.1, 0.15) is 20.3 Å². The van der Waals surface area contributed by atoms with Gasteiger partial charge in [-0.1, -0.05) is 6.92 Å². The Morgan fingerprint density at radius 2 is 2.25 bits per heavy atom. The van der Waals surface area contributed by atoms with Crippen LogP contribution in [0.5, 0.6) is 0 Å². The van der Waals surface area contributed by atoms with Gasteiger partial charge in [0.05, 0.1) is 0 Å². The molecule has 0 aliphatic carbocycles. The Morgan fingerprint density at radius 1 is 1.67 bits per heavy atom. The van der Waals surface area contributed by atoms with E-state index in [0.717, 1.165) is 0 Å². The van der Waals surface area contributed by atoms with Gasteiger partial charge < -0.3 is 10.0 Å². The van der Waals surface area contributed by atoms with E-state index in [-0.39, 0.29) is 18.6 Å². The lowest BCUT2D eigenvalue weighted by Crippen LogP contribution is -2.32. The number of aliphatic hydroxyl groups excluding tert-OH is 1. The lowest BCUT2D eigenvalue weighted by Gasteiger charge is -2.16. The van der Waals surface area contributed by atoms with E-state index < -0.39 is 0 Å². The van der Waals surface area contributed by atoms with Crippen molar-refractivity contribution in [2.45, 2.75) is 20.3 Å². The van der Waals surface area contributed by atoms with Gasteiger partial charge in [-0.2, -0.15) is 0 Å². The highest BCUT2D eigenvalue weighted by Gasteiger charge is 2.14. The molecule has 3 heteroatoms. The van der Waals surface area contributed by atoms with Crippen molar-refractivity contribution in [3.63, 3.8) is 0 Å². The average molecular weight is 169 g/mol. The lowest BCUT2D eigenvalue weighted by atomic mass is 10.1. The van der Waals surface area contributed by atoms with Crippen molar-refractivity contribution in [1.29, 1.82) is 0 Å². The molecule has 0 saturated heterocycles. The van der Waals surface area contributed by atoms with Crippen LogP contribution in [0, 0.1) is 17.8 Å². The minimum Gasteiger partial charge on any atom is -0.376 e. The summed E-state index contributed by atoms with van der Waals surface area (Å²) in [6, 6.07) is 0. The molecule has 0 aliphatic rings. The second-order valence-electron chi connectivity index (χ2n) is 2.71. The number of carbonyl (C=O) groups excluding carboxylic acids is 1. The third-order valence-corrected chi connectivity index (χ3v) is 1.59. The van der Waals surface area contributed by atoms with Gasteiger partial charge in [0.25, 0.3) is 0 Å². The summed E-state index contributed by atoms with van der Waals surface area (Å²) in [4.78, 5) is 12.6. The van der Waals surface area contributed by atoms with Crippen LogP contribution in [-0.4, -0.2) is 29.7 Å². The highest BCUT2D eigenvalue weighted by molar-refractivity contribution is 5.78. The Labute approximate surface area is 73.4 Å². The van der Waals surface area contributed by atoms with Crippen molar-refractivity contribution in [1.82, 2.24) is 4.90 Å². The molecule has 0 radical (unpaired) electrons. The fraction of sp³-hybridized carbons (Fsp3) is 0.667. The lowest BCUT2D eigenvalue weighted by molar-refractivity contribution is -0.136.